The smallest absolute Gasteiger partial charge is 0.314 e. The molecule has 2 amide bonds. The highest BCUT2D eigenvalue weighted by Gasteiger charge is 2.17. The van der Waals surface area contributed by atoms with Crippen LogP contribution >= 0.6 is 0 Å². The van der Waals surface area contributed by atoms with Gasteiger partial charge >= 0.3 is 11.8 Å². The van der Waals surface area contributed by atoms with Crippen LogP contribution in [0.3, 0.4) is 0 Å². The first-order valence-electron chi connectivity index (χ1n) is 5.89. The summed E-state index contributed by atoms with van der Waals surface area (Å²) in [5, 5.41) is 3.80. The third-order valence-corrected chi connectivity index (χ3v) is 2.56. The SMILES string of the molecule is O=C(Nc1ccc(F)cc1F)C(=O)Nc1ccc(F)cc1F. The van der Waals surface area contributed by atoms with Crippen molar-refractivity contribution in [3.05, 3.63) is 59.7 Å². The molecule has 0 saturated heterocycles. The van der Waals surface area contributed by atoms with Crippen molar-refractivity contribution in [3.63, 3.8) is 0 Å². The summed E-state index contributed by atoms with van der Waals surface area (Å²) in [6, 6.07) is 4.66. The highest BCUT2D eigenvalue weighted by atomic mass is 19.1. The summed E-state index contributed by atoms with van der Waals surface area (Å²) in [7, 11) is 0. The number of carbonyl (C=O) groups is 2. The predicted octanol–water partition coefficient (Wildman–Crippen LogP) is 2.82. The van der Waals surface area contributed by atoms with E-state index in [0.717, 1.165) is 24.3 Å². The fourth-order valence-corrected chi connectivity index (χ4v) is 1.54. The molecule has 0 unspecified atom stereocenters. The standard InChI is InChI=1S/C14H8F4N2O2/c15-7-1-3-11(9(17)5-7)19-13(21)14(22)20-12-4-2-8(16)6-10(12)18/h1-6H,(H,19,21)(H,20,22). The summed E-state index contributed by atoms with van der Waals surface area (Å²) in [5.74, 6) is -6.45. The van der Waals surface area contributed by atoms with E-state index in [-0.39, 0.29) is 0 Å². The van der Waals surface area contributed by atoms with Crippen LogP contribution in [0.15, 0.2) is 36.4 Å². The Labute approximate surface area is 121 Å². The molecule has 0 heterocycles. The molecular weight excluding hydrogens is 304 g/mol. The van der Waals surface area contributed by atoms with Crippen molar-refractivity contribution >= 4 is 23.2 Å². The third kappa shape index (κ3) is 3.60. The molecule has 0 aliphatic rings. The zero-order valence-electron chi connectivity index (χ0n) is 10.8. The molecule has 0 saturated carbocycles. The van der Waals surface area contributed by atoms with Crippen LogP contribution in [-0.2, 0) is 9.59 Å². The number of halogens is 4. The number of hydrogen-bond donors (Lipinski definition) is 2. The Morgan fingerprint density at radius 2 is 1.05 bits per heavy atom. The highest BCUT2D eigenvalue weighted by molar-refractivity contribution is 6.43. The van der Waals surface area contributed by atoms with Crippen molar-refractivity contribution in [3.8, 4) is 0 Å². The van der Waals surface area contributed by atoms with Gasteiger partial charge in [-0.3, -0.25) is 9.59 Å². The van der Waals surface area contributed by atoms with Gasteiger partial charge in [0, 0.05) is 12.1 Å². The normalized spacial score (nSPS) is 10.2. The van der Waals surface area contributed by atoms with Gasteiger partial charge in [-0.1, -0.05) is 0 Å². The van der Waals surface area contributed by atoms with Gasteiger partial charge in [0.2, 0.25) is 0 Å². The van der Waals surface area contributed by atoms with Crippen LogP contribution in [0.1, 0.15) is 0 Å². The highest BCUT2D eigenvalue weighted by Crippen LogP contribution is 2.16. The average molecular weight is 312 g/mol. The first-order chi connectivity index (χ1) is 10.4. The number of benzene rings is 2. The predicted molar refractivity (Wildman–Crippen MR) is 70.0 cm³/mol. The molecule has 4 nitrogen and oxygen atoms in total. The van der Waals surface area contributed by atoms with Gasteiger partial charge in [-0.05, 0) is 24.3 Å². The number of anilines is 2. The largest absolute Gasteiger partial charge is 0.315 e. The Morgan fingerprint density at radius 1 is 0.682 bits per heavy atom. The van der Waals surface area contributed by atoms with E-state index in [4.69, 9.17) is 0 Å². The van der Waals surface area contributed by atoms with E-state index in [0.29, 0.717) is 12.1 Å². The Bertz CT molecular complexity index is 686. The zero-order valence-corrected chi connectivity index (χ0v) is 10.8. The summed E-state index contributed by atoms with van der Waals surface area (Å²) >= 11 is 0. The van der Waals surface area contributed by atoms with Gasteiger partial charge < -0.3 is 10.6 Å². The van der Waals surface area contributed by atoms with Crippen LogP contribution in [0.4, 0.5) is 28.9 Å². The molecule has 2 rings (SSSR count). The zero-order chi connectivity index (χ0) is 16.3. The molecule has 8 heteroatoms. The first-order valence-corrected chi connectivity index (χ1v) is 5.89. The fraction of sp³-hybridized carbons (Fsp3) is 0. The minimum absolute atomic E-state index is 0.416. The number of amides is 2. The van der Waals surface area contributed by atoms with Gasteiger partial charge in [0.1, 0.15) is 23.3 Å². The Morgan fingerprint density at radius 3 is 1.36 bits per heavy atom. The molecule has 22 heavy (non-hydrogen) atoms. The third-order valence-electron chi connectivity index (χ3n) is 2.56. The lowest BCUT2D eigenvalue weighted by atomic mass is 10.2. The number of hydrogen-bond acceptors (Lipinski definition) is 2. The maximum Gasteiger partial charge on any atom is 0.314 e. The first kappa shape index (κ1) is 15.5. The van der Waals surface area contributed by atoms with E-state index < -0.39 is 46.5 Å². The van der Waals surface area contributed by atoms with Crippen LogP contribution in [0.25, 0.3) is 0 Å². The summed E-state index contributed by atoms with van der Waals surface area (Å²) in [6.45, 7) is 0. The van der Waals surface area contributed by atoms with Crippen molar-refractivity contribution in [2.24, 2.45) is 0 Å². The molecule has 2 aromatic carbocycles. The van der Waals surface area contributed by atoms with Gasteiger partial charge in [-0.15, -0.1) is 0 Å². The second-order valence-corrected chi connectivity index (χ2v) is 4.16. The summed E-state index contributed by atoms with van der Waals surface area (Å²) < 4.78 is 52.1. The average Bonchev–Trinajstić information content (AvgIpc) is 2.44. The summed E-state index contributed by atoms with van der Waals surface area (Å²) in [5.41, 5.74) is -0.831. The molecule has 0 bridgehead atoms. The number of carbonyl (C=O) groups excluding carboxylic acids is 2. The molecule has 0 aliphatic heterocycles. The fourth-order valence-electron chi connectivity index (χ4n) is 1.54. The molecule has 0 radical (unpaired) electrons. The van der Waals surface area contributed by atoms with E-state index in [1.165, 1.54) is 0 Å². The monoisotopic (exact) mass is 312 g/mol. The second-order valence-electron chi connectivity index (χ2n) is 4.16. The van der Waals surface area contributed by atoms with Gasteiger partial charge in [-0.2, -0.15) is 0 Å². The van der Waals surface area contributed by atoms with Crippen molar-refractivity contribution in [2.75, 3.05) is 10.6 Å². The van der Waals surface area contributed by atoms with Crippen molar-refractivity contribution in [1.29, 1.82) is 0 Å². The van der Waals surface area contributed by atoms with Gasteiger partial charge in [0.25, 0.3) is 0 Å². The lowest BCUT2D eigenvalue weighted by Gasteiger charge is -2.08. The Balaban J connectivity index is 2.07. The molecule has 0 atom stereocenters. The number of rotatable bonds is 2. The molecule has 0 aliphatic carbocycles. The van der Waals surface area contributed by atoms with Gasteiger partial charge in [-0.25, -0.2) is 17.6 Å². The van der Waals surface area contributed by atoms with Crippen LogP contribution in [-0.4, -0.2) is 11.8 Å². The molecule has 0 spiro atoms. The van der Waals surface area contributed by atoms with E-state index >= 15 is 0 Å². The topological polar surface area (TPSA) is 58.2 Å². The summed E-state index contributed by atoms with van der Waals surface area (Å²) in [4.78, 5) is 23.1. The van der Waals surface area contributed by atoms with E-state index in [2.05, 4.69) is 0 Å². The maximum absolute atomic E-state index is 13.3. The van der Waals surface area contributed by atoms with Crippen LogP contribution in [0, 0.1) is 23.3 Å². The minimum Gasteiger partial charge on any atom is -0.315 e. The van der Waals surface area contributed by atoms with Crippen molar-refractivity contribution < 1.29 is 27.2 Å². The van der Waals surface area contributed by atoms with Crippen molar-refractivity contribution in [1.82, 2.24) is 0 Å². The molecule has 2 aromatic rings. The van der Waals surface area contributed by atoms with Crippen molar-refractivity contribution in [2.45, 2.75) is 0 Å². The van der Waals surface area contributed by atoms with E-state index in [1.807, 2.05) is 10.6 Å². The van der Waals surface area contributed by atoms with Gasteiger partial charge in [0.15, 0.2) is 0 Å². The molecule has 0 fully saturated rings. The minimum atomic E-state index is -1.30. The van der Waals surface area contributed by atoms with E-state index in [1.54, 1.807) is 0 Å². The second kappa shape index (κ2) is 6.25. The van der Waals surface area contributed by atoms with E-state index in [9.17, 15) is 27.2 Å². The Hall–Kier alpha value is -2.90. The molecular formula is C14H8F4N2O2. The number of nitrogens with one attached hydrogen (secondary N) is 2. The lowest BCUT2D eigenvalue weighted by molar-refractivity contribution is -0.133. The maximum atomic E-state index is 13.3. The molecule has 0 aromatic heterocycles. The molecule has 2 N–H and O–H groups in total. The van der Waals surface area contributed by atoms with Gasteiger partial charge in [0.05, 0.1) is 11.4 Å². The quantitative estimate of drug-likeness (QED) is 0.662. The Kier molecular flexibility index (Phi) is 4.40. The summed E-state index contributed by atoms with van der Waals surface area (Å²) in [6.07, 6.45) is 0. The molecule has 114 valence electrons. The lowest BCUT2D eigenvalue weighted by Crippen LogP contribution is -2.29. The van der Waals surface area contributed by atoms with Crippen LogP contribution in [0.2, 0.25) is 0 Å². The van der Waals surface area contributed by atoms with Crippen LogP contribution < -0.4 is 10.6 Å². The van der Waals surface area contributed by atoms with Crippen LogP contribution in [0.5, 0.6) is 0 Å².